The number of hydrogen-bond donors (Lipinski definition) is 3. The topological polar surface area (TPSA) is 142 Å². The van der Waals surface area contributed by atoms with Crippen molar-refractivity contribution in [1.29, 1.82) is 0 Å². The van der Waals surface area contributed by atoms with Gasteiger partial charge in [0.05, 0.1) is 12.8 Å². The fraction of sp³-hybridized carbons (Fsp3) is 0.565. The zero-order valence-electron chi connectivity index (χ0n) is 20.3. The van der Waals surface area contributed by atoms with E-state index in [9.17, 15) is 20.1 Å². The molecule has 11 nitrogen and oxygen atoms in total. The monoisotopic (exact) mass is 512 g/mol. The number of aliphatic hydroxyl groups excluding tert-OH is 3. The standard InChI is InChI=1S/C23H32N2O9S/c1-12(2)34-25-13(3)16(10-14-6-8-15(35-5)9-7-14)21(24-25)33-22-20(28)19(27)18(26)17(32-22)11-31-23(29)30-4/h6-9,12,17-20,22,26-28H,10-11H2,1-5H3/t17-,18-,19+,20-,22+/m1/s1. The Morgan fingerprint density at radius 1 is 1.17 bits per heavy atom. The van der Waals surface area contributed by atoms with Crippen LogP contribution in [0.15, 0.2) is 29.2 Å². The molecular weight excluding hydrogens is 480 g/mol. The average Bonchev–Trinajstić information content (AvgIpc) is 3.12. The molecule has 0 bridgehead atoms. The molecule has 0 aliphatic carbocycles. The van der Waals surface area contributed by atoms with Crippen LogP contribution in [0.1, 0.15) is 30.7 Å². The minimum atomic E-state index is -1.61. The second-order valence-electron chi connectivity index (χ2n) is 8.32. The van der Waals surface area contributed by atoms with Gasteiger partial charge in [0, 0.05) is 16.9 Å². The van der Waals surface area contributed by atoms with Crippen molar-refractivity contribution in [2.45, 2.75) is 68.9 Å². The molecule has 5 atom stereocenters. The van der Waals surface area contributed by atoms with Crippen LogP contribution < -0.4 is 9.57 Å². The number of carbonyl (C=O) groups is 1. The summed E-state index contributed by atoms with van der Waals surface area (Å²) in [5.74, 6) is 0.136. The van der Waals surface area contributed by atoms with E-state index in [2.05, 4.69) is 9.84 Å². The lowest BCUT2D eigenvalue weighted by Gasteiger charge is -2.39. The summed E-state index contributed by atoms with van der Waals surface area (Å²) in [7, 11) is 1.14. The van der Waals surface area contributed by atoms with Crippen molar-refractivity contribution in [2.75, 3.05) is 20.0 Å². The number of ether oxygens (including phenoxy) is 4. The summed E-state index contributed by atoms with van der Waals surface area (Å²) in [5, 5.41) is 35.5. The molecule has 194 valence electrons. The molecule has 0 unspecified atom stereocenters. The van der Waals surface area contributed by atoms with Gasteiger partial charge in [-0.25, -0.2) is 4.79 Å². The summed E-state index contributed by atoms with van der Waals surface area (Å²) in [6, 6.07) is 8.04. The van der Waals surface area contributed by atoms with Gasteiger partial charge in [-0.3, -0.25) is 0 Å². The van der Waals surface area contributed by atoms with Gasteiger partial charge in [-0.15, -0.1) is 11.8 Å². The summed E-state index contributed by atoms with van der Waals surface area (Å²) in [5.41, 5.74) is 2.39. The van der Waals surface area contributed by atoms with Crippen molar-refractivity contribution in [3.05, 3.63) is 41.1 Å². The molecule has 0 amide bonds. The molecule has 1 fully saturated rings. The second-order valence-corrected chi connectivity index (χ2v) is 9.20. The van der Waals surface area contributed by atoms with Crippen LogP contribution in [0.5, 0.6) is 5.88 Å². The summed E-state index contributed by atoms with van der Waals surface area (Å²) in [6.45, 7) is 5.13. The molecule has 3 rings (SSSR count). The minimum absolute atomic E-state index is 0.136. The van der Waals surface area contributed by atoms with E-state index in [1.807, 2.05) is 51.3 Å². The third-order valence-corrected chi connectivity index (χ3v) is 6.19. The Balaban J connectivity index is 1.86. The number of nitrogens with zero attached hydrogens (tertiary/aromatic N) is 2. The van der Waals surface area contributed by atoms with E-state index in [1.165, 1.54) is 4.85 Å². The third-order valence-electron chi connectivity index (χ3n) is 5.44. The minimum Gasteiger partial charge on any atom is -0.443 e. The van der Waals surface area contributed by atoms with Crippen LogP contribution in [0.25, 0.3) is 0 Å². The van der Waals surface area contributed by atoms with Gasteiger partial charge >= 0.3 is 6.16 Å². The average molecular weight is 513 g/mol. The molecule has 2 heterocycles. The maximum atomic E-state index is 11.3. The molecular formula is C23H32N2O9S. The Kier molecular flexibility index (Phi) is 9.25. The summed E-state index contributed by atoms with van der Waals surface area (Å²) < 4.78 is 20.8. The number of aromatic nitrogens is 2. The molecule has 1 aliphatic heterocycles. The molecule has 3 N–H and O–H groups in total. The fourth-order valence-electron chi connectivity index (χ4n) is 3.51. The lowest BCUT2D eigenvalue weighted by atomic mass is 9.99. The van der Waals surface area contributed by atoms with Crippen LogP contribution in [0.3, 0.4) is 0 Å². The Morgan fingerprint density at radius 3 is 2.46 bits per heavy atom. The maximum Gasteiger partial charge on any atom is 0.508 e. The highest BCUT2D eigenvalue weighted by molar-refractivity contribution is 7.98. The first-order valence-electron chi connectivity index (χ1n) is 11.1. The fourth-order valence-corrected chi connectivity index (χ4v) is 3.92. The largest absolute Gasteiger partial charge is 0.508 e. The van der Waals surface area contributed by atoms with E-state index >= 15 is 0 Å². The molecule has 2 aromatic rings. The van der Waals surface area contributed by atoms with Crippen LogP contribution in [0.4, 0.5) is 4.79 Å². The van der Waals surface area contributed by atoms with E-state index < -0.39 is 43.5 Å². The number of hydrogen-bond acceptors (Lipinski definition) is 11. The molecule has 12 heteroatoms. The highest BCUT2D eigenvalue weighted by Crippen LogP contribution is 2.30. The Hall–Kier alpha value is -2.51. The van der Waals surface area contributed by atoms with Crippen molar-refractivity contribution in [3.63, 3.8) is 0 Å². The van der Waals surface area contributed by atoms with E-state index in [0.29, 0.717) is 17.7 Å². The molecule has 1 aromatic carbocycles. The van der Waals surface area contributed by atoms with Crippen molar-refractivity contribution < 1.29 is 43.9 Å². The second kappa shape index (κ2) is 12.0. The lowest BCUT2D eigenvalue weighted by Crippen LogP contribution is -2.60. The van der Waals surface area contributed by atoms with Crippen LogP contribution in [-0.2, 0) is 20.6 Å². The highest BCUT2D eigenvalue weighted by Gasteiger charge is 2.46. The van der Waals surface area contributed by atoms with E-state index in [-0.39, 0.29) is 12.0 Å². The molecule has 1 aromatic heterocycles. The van der Waals surface area contributed by atoms with Crippen molar-refractivity contribution in [3.8, 4) is 5.88 Å². The van der Waals surface area contributed by atoms with Gasteiger partial charge in [0.25, 0.3) is 0 Å². The van der Waals surface area contributed by atoms with Gasteiger partial charge in [0.2, 0.25) is 12.2 Å². The van der Waals surface area contributed by atoms with Gasteiger partial charge in [-0.1, -0.05) is 22.1 Å². The summed E-state index contributed by atoms with van der Waals surface area (Å²) in [6.07, 6.45) is -5.98. The Morgan fingerprint density at radius 2 is 1.86 bits per heavy atom. The van der Waals surface area contributed by atoms with E-state index in [1.54, 1.807) is 11.8 Å². The van der Waals surface area contributed by atoms with Gasteiger partial charge < -0.3 is 39.1 Å². The van der Waals surface area contributed by atoms with Crippen LogP contribution in [0, 0.1) is 6.92 Å². The van der Waals surface area contributed by atoms with Crippen LogP contribution in [-0.4, -0.2) is 88.2 Å². The van der Waals surface area contributed by atoms with Gasteiger partial charge in [-0.05, 0) is 44.7 Å². The Labute approximate surface area is 207 Å². The number of thioether (sulfide) groups is 1. The van der Waals surface area contributed by atoms with Crippen LogP contribution >= 0.6 is 11.8 Å². The summed E-state index contributed by atoms with van der Waals surface area (Å²) in [4.78, 5) is 19.5. The normalized spacial score (nSPS) is 24.3. The van der Waals surface area contributed by atoms with E-state index in [0.717, 1.165) is 17.6 Å². The van der Waals surface area contributed by atoms with Gasteiger partial charge in [-0.2, -0.15) is 0 Å². The zero-order valence-corrected chi connectivity index (χ0v) is 21.1. The Bertz CT molecular complexity index is 982. The summed E-state index contributed by atoms with van der Waals surface area (Å²) >= 11 is 1.64. The molecule has 0 spiro atoms. The lowest BCUT2D eigenvalue weighted by molar-refractivity contribution is -0.278. The predicted octanol–water partition coefficient (Wildman–Crippen LogP) is 1.31. The molecule has 0 radical (unpaired) electrons. The molecule has 0 saturated carbocycles. The number of aliphatic hydroxyl groups is 3. The first kappa shape index (κ1) is 27.1. The SMILES string of the molecule is COC(=O)OC[C@H]1O[C@@H](Oc2nn(OC(C)C)c(C)c2Cc2ccc(SC)cc2)[C@H](O)[C@@H](O)[C@@H]1O. The first-order valence-corrected chi connectivity index (χ1v) is 12.3. The van der Waals surface area contributed by atoms with Crippen molar-refractivity contribution >= 4 is 17.9 Å². The van der Waals surface area contributed by atoms with Crippen LogP contribution in [0.2, 0.25) is 0 Å². The molecule has 1 aliphatic rings. The number of carbonyl (C=O) groups excluding carboxylic acids is 1. The van der Waals surface area contributed by atoms with Crippen molar-refractivity contribution in [2.24, 2.45) is 0 Å². The quantitative estimate of drug-likeness (QED) is 0.331. The maximum absolute atomic E-state index is 11.3. The van der Waals surface area contributed by atoms with E-state index in [4.69, 9.17) is 19.0 Å². The predicted molar refractivity (Wildman–Crippen MR) is 125 cm³/mol. The molecule has 1 saturated heterocycles. The van der Waals surface area contributed by atoms with Crippen molar-refractivity contribution in [1.82, 2.24) is 9.94 Å². The number of methoxy groups -OCH3 is 1. The van der Waals surface area contributed by atoms with Gasteiger partial charge in [0.15, 0.2) is 0 Å². The number of rotatable bonds is 9. The van der Waals surface area contributed by atoms with Gasteiger partial charge in [0.1, 0.15) is 37.1 Å². The third kappa shape index (κ3) is 6.58. The number of benzene rings is 1. The highest BCUT2D eigenvalue weighted by atomic mass is 32.2. The first-order chi connectivity index (χ1) is 16.6. The zero-order chi connectivity index (χ0) is 25.7. The smallest absolute Gasteiger partial charge is 0.443 e. The molecule has 35 heavy (non-hydrogen) atoms.